The largest absolute Gasteiger partial charge is 0.494 e. The van der Waals surface area contributed by atoms with Crippen LogP contribution in [0.25, 0.3) is 0 Å². The Morgan fingerprint density at radius 1 is 1.24 bits per heavy atom. The molecule has 0 aliphatic carbocycles. The van der Waals surface area contributed by atoms with Gasteiger partial charge in [0.15, 0.2) is 0 Å². The minimum Gasteiger partial charge on any atom is -0.494 e. The van der Waals surface area contributed by atoms with Crippen molar-refractivity contribution < 1.29 is 24.2 Å². The zero-order chi connectivity index (χ0) is 15.5. The highest BCUT2D eigenvalue weighted by molar-refractivity contribution is 5.78. The summed E-state index contributed by atoms with van der Waals surface area (Å²) in [6.07, 6.45) is 0.608. The Bertz CT molecular complexity index is 435. The second-order valence-electron chi connectivity index (χ2n) is 4.59. The maximum absolute atomic E-state index is 11.7. The molecule has 0 saturated carbocycles. The summed E-state index contributed by atoms with van der Waals surface area (Å²) in [7, 11) is 0. The Morgan fingerprint density at radius 3 is 2.62 bits per heavy atom. The van der Waals surface area contributed by atoms with Crippen molar-refractivity contribution >= 4 is 11.9 Å². The first-order valence-electron chi connectivity index (χ1n) is 6.84. The highest BCUT2D eigenvalue weighted by Gasteiger charge is 2.12. The lowest BCUT2D eigenvalue weighted by molar-refractivity contribution is -0.142. The molecule has 0 saturated heterocycles. The van der Waals surface area contributed by atoms with Crippen LogP contribution in [0, 0.1) is 5.92 Å². The molecule has 0 spiro atoms. The Kier molecular flexibility index (Phi) is 7.89. The minimum atomic E-state index is -1.02. The molecule has 0 aliphatic rings. The Morgan fingerprint density at radius 2 is 1.95 bits per heavy atom. The van der Waals surface area contributed by atoms with E-state index in [2.05, 4.69) is 5.32 Å². The summed E-state index contributed by atoms with van der Waals surface area (Å²) >= 11 is 0. The molecule has 21 heavy (non-hydrogen) atoms. The Hall–Kier alpha value is -2.08. The van der Waals surface area contributed by atoms with Crippen LogP contribution in [0.3, 0.4) is 0 Å². The average Bonchev–Trinajstić information content (AvgIpc) is 2.47. The first-order chi connectivity index (χ1) is 10.1. The van der Waals surface area contributed by atoms with Crippen molar-refractivity contribution in [1.82, 2.24) is 5.32 Å². The van der Waals surface area contributed by atoms with Gasteiger partial charge in [-0.2, -0.15) is 0 Å². The fourth-order valence-electron chi connectivity index (χ4n) is 1.58. The Labute approximate surface area is 124 Å². The second kappa shape index (κ2) is 9.77. The van der Waals surface area contributed by atoms with Crippen molar-refractivity contribution in [3.8, 4) is 5.75 Å². The molecule has 1 aromatic rings. The molecule has 0 aliphatic heterocycles. The van der Waals surface area contributed by atoms with Gasteiger partial charge in [0.25, 0.3) is 0 Å². The maximum Gasteiger partial charge on any atom is 0.329 e. The van der Waals surface area contributed by atoms with Crippen LogP contribution in [0.2, 0.25) is 0 Å². The van der Waals surface area contributed by atoms with Crippen LogP contribution in [0.5, 0.6) is 5.75 Å². The molecule has 0 aromatic heterocycles. The van der Waals surface area contributed by atoms with E-state index in [1.807, 2.05) is 37.3 Å². The molecule has 1 rings (SSSR count). The molecule has 6 nitrogen and oxygen atoms in total. The van der Waals surface area contributed by atoms with E-state index in [0.29, 0.717) is 19.6 Å². The summed E-state index contributed by atoms with van der Waals surface area (Å²) in [5.74, 6) is -0.501. The molecule has 1 aromatic carbocycles. The molecule has 0 fully saturated rings. The van der Waals surface area contributed by atoms with Crippen LogP contribution in [-0.4, -0.2) is 43.3 Å². The number of para-hydroxylation sites is 1. The first kappa shape index (κ1) is 17.0. The zero-order valence-corrected chi connectivity index (χ0v) is 12.1. The fourth-order valence-corrected chi connectivity index (χ4v) is 1.58. The predicted octanol–water partition coefficient (Wildman–Crippen LogP) is 1.31. The summed E-state index contributed by atoms with van der Waals surface area (Å²) in [4.78, 5) is 22.0. The van der Waals surface area contributed by atoms with Crippen molar-refractivity contribution in [1.29, 1.82) is 0 Å². The Balaban J connectivity index is 2.09. The average molecular weight is 295 g/mol. The van der Waals surface area contributed by atoms with Gasteiger partial charge in [-0.05, 0) is 18.6 Å². The fraction of sp³-hybridized carbons (Fsp3) is 0.467. The highest BCUT2D eigenvalue weighted by atomic mass is 16.5. The van der Waals surface area contributed by atoms with Gasteiger partial charge in [0.05, 0.1) is 13.2 Å². The number of amides is 1. The van der Waals surface area contributed by atoms with Crippen LogP contribution in [0.15, 0.2) is 30.3 Å². The molecule has 116 valence electrons. The number of carboxylic acids is 1. The number of hydrogen-bond acceptors (Lipinski definition) is 4. The molecule has 2 N–H and O–H groups in total. The number of carbonyl (C=O) groups is 2. The number of carboxylic acid groups (broad SMARTS) is 1. The predicted molar refractivity (Wildman–Crippen MR) is 77.2 cm³/mol. The summed E-state index contributed by atoms with van der Waals surface area (Å²) in [6, 6.07) is 9.43. The van der Waals surface area contributed by atoms with Gasteiger partial charge in [0, 0.05) is 12.5 Å². The topological polar surface area (TPSA) is 84.9 Å². The molecule has 6 heteroatoms. The van der Waals surface area contributed by atoms with Gasteiger partial charge in [0.2, 0.25) is 5.91 Å². The van der Waals surface area contributed by atoms with Crippen molar-refractivity contribution in [3.63, 3.8) is 0 Å². The third-order valence-corrected chi connectivity index (χ3v) is 2.78. The van der Waals surface area contributed by atoms with Crippen molar-refractivity contribution in [2.45, 2.75) is 13.3 Å². The van der Waals surface area contributed by atoms with Crippen LogP contribution in [-0.2, 0) is 14.3 Å². The third-order valence-electron chi connectivity index (χ3n) is 2.78. The van der Waals surface area contributed by atoms with Crippen LogP contribution >= 0.6 is 0 Å². The molecule has 0 heterocycles. The summed E-state index contributed by atoms with van der Waals surface area (Å²) in [5, 5.41) is 11.1. The van der Waals surface area contributed by atoms with Gasteiger partial charge in [0.1, 0.15) is 12.4 Å². The van der Waals surface area contributed by atoms with Crippen LogP contribution < -0.4 is 10.1 Å². The van der Waals surface area contributed by atoms with E-state index < -0.39 is 5.97 Å². The molecular formula is C15H21NO5. The zero-order valence-electron chi connectivity index (χ0n) is 12.1. The number of carbonyl (C=O) groups excluding carboxylic acids is 1. The van der Waals surface area contributed by atoms with E-state index in [0.717, 1.165) is 5.75 Å². The maximum atomic E-state index is 11.7. The summed E-state index contributed by atoms with van der Waals surface area (Å²) < 4.78 is 10.4. The van der Waals surface area contributed by atoms with Crippen molar-refractivity contribution in [3.05, 3.63) is 30.3 Å². The van der Waals surface area contributed by atoms with E-state index in [-0.39, 0.29) is 25.0 Å². The summed E-state index contributed by atoms with van der Waals surface area (Å²) in [6.45, 7) is 2.42. The van der Waals surface area contributed by atoms with Crippen molar-refractivity contribution in [2.75, 3.05) is 26.4 Å². The van der Waals surface area contributed by atoms with Crippen molar-refractivity contribution in [2.24, 2.45) is 5.92 Å². The highest BCUT2D eigenvalue weighted by Crippen LogP contribution is 2.10. The molecular weight excluding hydrogens is 274 g/mol. The normalized spacial score (nSPS) is 11.7. The number of nitrogens with one attached hydrogen (secondary N) is 1. The van der Waals surface area contributed by atoms with E-state index >= 15 is 0 Å². The van der Waals surface area contributed by atoms with Crippen LogP contribution in [0.4, 0.5) is 0 Å². The number of aliphatic carboxylic acids is 1. The molecule has 1 unspecified atom stereocenters. The number of benzene rings is 1. The van der Waals surface area contributed by atoms with Crippen LogP contribution in [0.1, 0.15) is 13.3 Å². The van der Waals surface area contributed by atoms with Gasteiger partial charge < -0.3 is 19.9 Å². The smallest absolute Gasteiger partial charge is 0.329 e. The molecule has 1 atom stereocenters. The molecule has 1 amide bonds. The number of hydrogen-bond donors (Lipinski definition) is 2. The standard InChI is InChI=1S/C15H21NO5/c1-12(7-9-21-13-5-3-2-4-6-13)15(19)16-8-10-20-11-14(17)18/h2-6,12H,7-11H2,1H3,(H,16,19)(H,17,18). The molecule has 0 bridgehead atoms. The minimum absolute atomic E-state index is 0.0920. The lowest BCUT2D eigenvalue weighted by Crippen LogP contribution is -2.33. The summed E-state index contributed by atoms with van der Waals surface area (Å²) in [5.41, 5.74) is 0. The number of ether oxygens (including phenoxy) is 2. The van der Waals surface area contributed by atoms with Gasteiger partial charge in [-0.1, -0.05) is 25.1 Å². The van der Waals surface area contributed by atoms with E-state index in [1.165, 1.54) is 0 Å². The van der Waals surface area contributed by atoms with Gasteiger partial charge in [-0.15, -0.1) is 0 Å². The van der Waals surface area contributed by atoms with E-state index in [9.17, 15) is 9.59 Å². The quantitative estimate of drug-likeness (QED) is 0.636. The first-order valence-corrected chi connectivity index (χ1v) is 6.84. The lowest BCUT2D eigenvalue weighted by atomic mass is 10.1. The second-order valence-corrected chi connectivity index (χ2v) is 4.59. The van der Waals surface area contributed by atoms with Gasteiger partial charge >= 0.3 is 5.97 Å². The SMILES string of the molecule is CC(CCOc1ccccc1)C(=O)NCCOCC(=O)O. The monoisotopic (exact) mass is 295 g/mol. The lowest BCUT2D eigenvalue weighted by Gasteiger charge is -2.13. The van der Waals surface area contributed by atoms with E-state index in [1.54, 1.807) is 0 Å². The van der Waals surface area contributed by atoms with Gasteiger partial charge in [-0.3, -0.25) is 4.79 Å². The van der Waals surface area contributed by atoms with Gasteiger partial charge in [-0.25, -0.2) is 4.79 Å². The van der Waals surface area contributed by atoms with E-state index in [4.69, 9.17) is 14.6 Å². The molecule has 0 radical (unpaired) electrons. The number of rotatable bonds is 10. The third kappa shape index (κ3) is 7.94.